The molecular formula is C10H7ClF3N3. The molecule has 0 aliphatic rings. The molecule has 0 saturated carbocycles. The minimum atomic E-state index is -4.43. The van der Waals surface area contributed by atoms with E-state index in [4.69, 9.17) is 16.9 Å². The van der Waals surface area contributed by atoms with Gasteiger partial charge in [0.15, 0.2) is 0 Å². The van der Waals surface area contributed by atoms with Crippen LogP contribution in [-0.2, 0) is 6.18 Å². The quantitative estimate of drug-likeness (QED) is 0.589. The standard InChI is InChI=1S/C10H7ClF3N3/c11-8-6-7(10(12,13)14)2-3-9(8)17-16-5-1-4-15/h2-3,6H,1,5H2. The van der Waals surface area contributed by atoms with E-state index in [9.17, 15) is 13.2 Å². The van der Waals surface area contributed by atoms with Gasteiger partial charge in [-0.2, -0.15) is 28.7 Å². The van der Waals surface area contributed by atoms with Crippen molar-refractivity contribution in [1.29, 1.82) is 5.26 Å². The van der Waals surface area contributed by atoms with Gasteiger partial charge in [-0.3, -0.25) is 0 Å². The zero-order chi connectivity index (χ0) is 12.9. The Morgan fingerprint density at radius 3 is 2.59 bits per heavy atom. The van der Waals surface area contributed by atoms with Gasteiger partial charge in [-0.25, -0.2) is 0 Å². The van der Waals surface area contributed by atoms with E-state index in [1.54, 1.807) is 0 Å². The monoisotopic (exact) mass is 261 g/mol. The van der Waals surface area contributed by atoms with Crippen LogP contribution in [0.3, 0.4) is 0 Å². The number of nitrogens with zero attached hydrogens (tertiary/aromatic N) is 3. The maximum absolute atomic E-state index is 12.3. The molecule has 0 aliphatic heterocycles. The Kier molecular flexibility index (Phi) is 4.46. The van der Waals surface area contributed by atoms with Crippen LogP contribution in [0.25, 0.3) is 0 Å². The number of rotatable bonds is 3. The average Bonchev–Trinajstić information content (AvgIpc) is 2.24. The summed E-state index contributed by atoms with van der Waals surface area (Å²) in [6.45, 7) is 0.188. The summed E-state index contributed by atoms with van der Waals surface area (Å²) in [4.78, 5) is 0. The van der Waals surface area contributed by atoms with Crippen LogP contribution in [0.15, 0.2) is 28.4 Å². The van der Waals surface area contributed by atoms with Gasteiger partial charge in [-0.05, 0) is 18.2 Å². The highest BCUT2D eigenvalue weighted by Gasteiger charge is 2.30. The van der Waals surface area contributed by atoms with Crippen LogP contribution in [0.1, 0.15) is 12.0 Å². The molecule has 0 atom stereocenters. The highest BCUT2D eigenvalue weighted by atomic mass is 35.5. The van der Waals surface area contributed by atoms with Gasteiger partial charge in [0, 0.05) is 0 Å². The number of alkyl halides is 3. The molecule has 0 spiro atoms. The van der Waals surface area contributed by atoms with Crippen LogP contribution in [0.5, 0.6) is 0 Å². The van der Waals surface area contributed by atoms with Crippen LogP contribution in [-0.4, -0.2) is 6.54 Å². The lowest BCUT2D eigenvalue weighted by atomic mass is 10.2. The Morgan fingerprint density at radius 2 is 2.06 bits per heavy atom. The molecule has 0 radical (unpaired) electrons. The summed E-state index contributed by atoms with van der Waals surface area (Å²) in [5.74, 6) is 0. The third kappa shape index (κ3) is 4.04. The maximum Gasteiger partial charge on any atom is 0.416 e. The van der Waals surface area contributed by atoms with E-state index >= 15 is 0 Å². The topological polar surface area (TPSA) is 48.5 Å². The molecular weight excluding hydrogens is 255 g/mol. The molecule has 17 heavy (non-hydrogen) atoms. The van der Waals surface area contributed by atoms with Gasteiger partial charge >= 0.3 is 6.18 Å². The summed E-state index contributed by atoms with van der Waals surface area (Å²) in [5.41, 5.74) is -0.684. The van der Waals surface area contributed by atoms with Crippen LogP contribution >= 0.6 is 11.6 Å². The first-order valence-electron chi connectivity index (χ1n) is 4.56. The van der Waals surface area contributed by atoms with Gasteiger partial charge in [0.05, 0.1) is 29.6 Å². The van der Waals surface area contributed by atoms with Crippen molar-refractivity contribution in [1.82, 2.24) is 0 Å². The fourth-order valence-electron chi connectivity index (χ4n) is 0.991. The van der Waals surface area contributed by atoms with E-state index in [1.807, 2.05) is 6.07 Å². The summed E-state index contributed by atoms with van der Waals surface area (Å²) in [6, 6.07) is 4.67. The Hall–Kier alpha value is -1.61. The van der Waals surface area contributed by atoms with Crippen LogP contribution in [0.4, 0.5) is 18.9 Å². The van der Waals surface area contributed by atoms with Gasteiger partial charge in [-0.1, -0.05) is 11.6 Å². The molecule has 7 heteroatoms. The van der Waals surface area contributed by atoms with E-state index in [0.29, 0.717) is 0 Å². The van der Waals surface area contributed by atoms with E-state index in [-0.39, 0.29) is 23.7 Å². The van der Waals surface area contributed by atoms with Crippen molar-refractivity contribution in [2.45, 2.75) is 12.6 Å². The van der Waals surface area contributed by atoms with Crippen molar-refractivity contribution in [2.75, 3.05) is 6.54 Å². The average molecular weight is 262 g/mol. The third-order valence-corrected chi connectivity index (χ3v) is 2.08. The summed E-state index contributed by atoms with van der Waals surface area (Å²) < 4.78 is 36.9. The summed E-state index contributed by atoms with van der Waals surface area (Å²) in [5, 5.41) is 15.4. The molecule has 1 aromatic carbocycles. The van der Waals surface area contributed by atoms with Crippen molar-refractivity contribution in [3.8, 4) is 6.07 Å². The zero-order valence-corrected chi connectivity index (χ0v) is 9.26. The van der Waals surface area contributed by atoms with Gasteiger partial charge in [0.1, 0.15) is 5.69 Å². The van der Waals surface area contributed by atoms with Crippen molar-refractivity contribution >= 4 is 17.3 Å². The first-order chi connectivity index (χ1) is 7.95. The smallest absolute Gasteiger partial charge is 0.198 e. The third-order valence-electron chi connectivity index (χ3n) is 1.78. The number of azo groups is 1. The molecule has 0 aliphatic carbocycles. The second-order valence-electron chi connectivity index (χ2n) is 3.04. The lowest BCUT2D eigenvalue weighted by Gasteiger charge is -2.07. The molecule has 0 bridgehead atoms. The molecule has 0 heterocycles. The number of hydrogen-bond donors (Lipinski definition) is 0. The molecule has 0 fully saturated rings. The maximum atomic E-state index is 12.3. The number of nitriles is 1. The molecule has 1 rings (SSSR count). The highest BCUT2D eigenvalue weighted by Crippen LogP contribution is 2.34. The molecule has 1 aromatic rings. The predicted octanol–water partition coefficient (Wildman–Crippen LogP) is 4.36. The first-order valence-corrected chi connectivity index (χ1v) is 4.94. The van der Waals surface area contributed by atoms with Gasteiger partial charge in [-0.15, -0.1) is 0 Å². The Balaban J connectivity index is 2.84. The van der Waals surface area contributed by atoms with Gasteiger partial charge in [0.2, 0.25) is 0 Å². The van der Waals surface area contributed by atoms with Crippen LogP contribution < -0.4 is 0 Å². The van der Waals surface area contributed by atoms with E-state index in [1.165, 1.54) is 0 Å². The molecule has 3 nitrogen and oxygen atoms in total. The van der Waals surface area contributed by atoms with Crippen molar-refractivity contribution in [3.63, 3.8) is 0 Å². The highest BCUT2D eigenvalue weighted by molar-refractivity contribution is 6.33. The second-order valence-corrected chi connectivity index (χ2v) is 3.44. The minimum Gasteiger partial charge on any atom is -0.198 e. The van der Waals surface area contributed by atoms with E-state index in [0.717, 1.165) is 18.2 Å². The van der Waals surface area contributed by atoms with E-state index in [2.05, 4.69) is 10.2 Å². The molecule has 0 aromatic heterocycles. The van der Waals surface area contributed by atoms with Crippen molar-refractivity contribution < 1.29 is 13.2 Å². The molecule has 90 valence electrons. The van der Waals surface area contributed by atoms with Crippen molar-refractivity contribution in [3.05, 3.63) is 28.8 Å². The summed E-state index contributed by atoms with van der Waals surface area (Å²) in [7, 11) is 0. The Morgan fingerprint density at radius 1 is 1.35 bits per heavy atom. The molecule has 0 amide bonds. The predicted molar refractivity (Wildman–Crippen MR) is 56.1 cm³/mol. The lowest BCUT2D eigenvalue weighted by Crippen LogP contribution is -2.04. The summed E-state index contributed by atoms with van der Waals surface area (Å²) >= 11 is 5.63. The second kappa shape index (κ2) is 5.64. The summed E-state index contributed by atoms with van der Waals surface area (Å²) in [6.07, 6.45) is -4.23. The first kappa shape index (κ1) is 13.5. The van der Waals surface area contributed by atoms with Gasteiger partial charge in [0.25, 0.3) is 0 Å². The lowest BCUT2D eigenvalue weighted by molar-refractivity contribution is -0.137. The van der Waals surface area contributed by atoms with Crippen LogP contribution in [0, 0.1) is 11.3 Å². The van der Waals surface area contributed by atoms with Gasteiger partial charge < -0.3 is 0 Å². The fourth-order valence-corrected chi connectivity index (χ4v) is 1.21. The van der Waals surface area contributed by atoms with Crippen molar-refractivity contribution in [2.24, 2.45) is 10.2 Å². The molecule has 0 saturated heterocycles. The normalized spacial score (nSPS) is 11.7. The SMILES string of the molecule is N#CCCN=Nc1ccc(C(F)(F)F)cc1Cl. The fraction of sp³-hybridized carbons (Fsp3) is 0.300. The minimum absolute atomic E-state index is 0.125. The molecule has 0 N–H and O–H groups in total. The van der Waals surface area contributed by atoms with Crippen LogP contribution in [0.2, 0.25) is 5.02 Å². The Bertz CT molecular complexity index is 463. The zero-order valence-electron chi connectivity index (χ0n) is 8.50. The Labute approximate surface area is 101 Å². The number of halogens is 4. The number of hydrogen-bond acceptors (Lipinski definition) is 3. The molecule has 0 unspecified atom stereocenters. The largest absolute Gasteiger partial charge is 0.416 e. The number of benzene rings is 1. The van der Waals surface area contributed by atoms with E-state index < -0.39 is 11.7 Å².